The van der Waals surface area contributed by atoms with Crippen molar-refractivity contribution in [3.8, 4) is 0 Å². The van der Waals surface area contributed by atoms with E-state index in [2.05, 4.69) is 16.1 Å². The lowest BCUT2D eigenvalue weighted by Gasteiger charge is -2.43. The molecule has 1 atom stereocenters. The first kappa shape index (κ1) is 28.2. The van der Waals surface area contributed by atoms with E-state index in [1.807, 2.05) is 30.3 Å². The maximum absolute atomic E-state index is 13.7. The van der Waals surface area contributed by atoms with E-state index >= 15 is 0 Å². The normalized spacial score (nSPS) is 16.4. The lowest BCUT2D eigenvalue weighted by atomic mass is 9.91. The van der Waals surface area contributed by atoms with Gasteiger partial charge in [0.2, 0.25) is 0 Å². The monoisotopic (exact) mass is 566 g/mol. The van der Waals surface area contributed by atoms with Gasteiger partial charge in [0.05, 0.1) is 17.8 Å². The molecule has 0 aromatic heterocycles. The molecule has 0 bridgehead atoms. The van der Waals surface area contributed by atoms with Crippen molar-refractivity contribution in [3.63, 3.8) is 0 Å². The second-order valence-corrected chi connectivity index (χ2v) is 10.2. The maximum atomic E-state index is 13.7. The Morgan fingerprint density at radius 2 is 1.74 bits per heavy atom. The summed E-state index contributed by atoms with van der Waals surface area (Å²) in [5.41, 5.74) is 6.20. The minimum Gasteiger partial charge on any atom is -0.489 e. The first-order valence-corrected chi connectivity index (χ1v) is 12.9. The number of rotatable bonds is 9. The molecule has 0 fully saturated rings. The molecule has 0 saturated carbocycles. The molecule has 1 aliphatic rings. The number of benzene rings is 3. The van der Waals surface area contributed by atoms with Crippen LogP contribution in [-0.2, 0) is 16.1 Å². The van der Waals surface area contributed by atoms with Crippen LogP contribution in [0.1, 0.15) is 35.3 Å². The highest BCUT2D eigenvalue weighted by Gasteiger charge is 2.45. The van der Waals surface area contributed by atoms with Gasteiger partial charge in [-0.1, -0.05) is 65.7 Å². The number of nitrogens with zero attached hydrogens (tertiary/aromatic N) is 1. The van der Waals surface area contributed by atoms with Gasteiger partial charge in [-0.05, 0) is 49.7 Å². The molecule has 3 N–H and O–H groups in total. The summed E-state index contributed by atoms with van der Waals surface area (Å²) in [5.74, 6) is -0.325. The van der Waals surface area contributed by atoms with E-state index in [1.54, 1.807) is 61.4 Å². The fraction of sp³-hybridized carbons (Fsp3) is 0.207. The minimum absolute atomic E-state index is 0.126. The highest BCUT2D eigenvalue weighted by molar-refractivity contribution is 6.34. The number of nitrogens with one attached hydrogen (secondary N) is 3. The quantitative estimate of drug-likeness (QED) is 0.173. The molecule has 1 heterocycles. The summed E-state index contributed by atoms with van der Waals surface area (Å²) in [6, 6.07) is 20.6. The summed E-state index contributed by atoms with van der Waals surface area (Å²) < 4.78 is 6.23. The van der Waals surface area contributed by atoms with Crippen LogP contribution in [0.15, 0.2) is 78.6 Å². The molecule has 0 saturated heterocycles. The zero-order valence-corrected chi connectivity index (χ0v) is 23.2. The number of anilines is 2. The van der Waals surface area contributed by atoms with Crippen molar-refractivity contribution in [3.05, 3.63) is 100 Å². The fourth-order valence-corrected chi connectivity index (χ4v) is 4.86. The number of urea groups is 1. The Hall–Kier alpha value is -3.85. The van der Waals surface area contributed by atoms with Crippen LogP contribution in [0.3, 0.4) is 0 Å². The molecule has 202 valence electrons. The van der Waals surface area contributed by atoms with Crippen LogP contribution in [0.25, 0.3) is 5.57 Å². The second-order valence-electron chi connectivity index (χ2n) is 9.02. The van der Waals surface area contributed by atoms with Crippen LogP contribution in [0.2, 0.25) is 5.02 Å². The molecule has 0 spiro atoms. The second kappa shape index (κ2) is 11.9. The van der Waals surface area contributed by atoms with Gasteiger partial charge in [-0.25, -0.2) is 10.2 Å². The third-order valence-electron chi connectivity index (χ3n) is 6.20. The largest absolute Gasteiger partial charge is 0.489 e. The van der Waals surface area contributed by atoms with E-state index < -0.39 is 16.8 Å². The molecule has 3 aromatic carbocycles. The van der Waals surface area contributed by atoms with E-state index in [1.165, 1.54) is 6.92 Å². The maximum Gasteiger partial charge on any atom is 0.319 e. The Morgan fingerprint density at radius 1 is 1.00 bits per heavy atom. The van der Waals surface area contributed by atoms with Crippen molar-refractivity contribution in [1.82, 2.24) is 10.7 Å². The molecule has 0 aliphatic carbocycles. The number of halogens is 2. The summed E-state index contributed by atoms with van der Waals surface area (Å²) in [5, 5.41) is 7.35. The van der Waals surface area contributed by atoms with Gasteiger partial charge in [0, 0.05) is 28.9 Å². The Labute approximate surface area is 236 Å². The summed E-state index contributed by atoms with van der Waals surface area (Å²) in [6.45, 7) is 2.99. The number of ketones is 2. The van der Waals surface area contributed by atoms with Gasteiger partial charge < -0.3 is 15.4 Å². The van der Waals surface area contributed by atoms with Crippen LogP contribution < -0.4 is 21.1 Å². The Balaban J connectivity index is 1.64. The summed E-state index contributed by atoms with van der Waals surface area (Å²) in [7, 11) is 1.72. The smallest absolute Gasteiger partial charge is 0.319 e. The third kappa shape index (κ3) is 6.25. The lowest BCUT2D eigenvalue weighted by molar-refractivity contribution is -0.113. The van der Waals surface area contributed by atoms with Crippen LogP contribution in [-0.4, -0.2) is 36.2 Å². The number of alkyl halides is 1. The van der Waals surface area contributed by atoms with Crippen LogP contribution in [0, 0.1) is 0 Å². The van der Waals surface area contributed by atoms with Gasteiger partial charge in [0.15, 0.2) is 22.3 Å². The van der Waals surface area contributed by atoms with Crippen molar-refractivity contribution < 1.29 is 19.1 Å². The zero-order valence-electron chi connectivity index (χ0n) is 21.7. The highest BCUT2D eigenvalue weighted by atomic mass is 35.5. The van der Waals surface area contributed by atoms with Crippen molar-refractivity contribution in [2.75, 3.05) is 23.9 Å². The standard InChI is InChI=1S/C29H28Cl2N4O4/c1-18(36)20-10-7-11-22(14-20)34-28(38)33-16-25(37)26-23-15-21(30)12-13-24(23)35(32-3)29(2,31)27(26)39-17-19-8-5-4-6-9-19/h4-15,32H,16-17H2,1-3H3,(H2,33,34,38). The van der Waals surface area contributed by atoms with Gasteiger partial charge >= 0.3 is 6.03 Å². The van der Waals surface area contributed by atoms with E-state index in [0.29, 0.717) is 27.5 Å². The van der Waals surface area contributed by atoms with Gasteiger partial charge in [-0.3, -0.25) is 14.6 Å². The topological polar surface area (TPSA) is 99.8 Å². The molecule has 4 rings (SSSR count). The Bertz CT molecular complexity index is 1440. The predicted octanol–water partition coefficient (Wildman–Crippen LogP) is 5.77. The third-order valence-corrected chi connectivity index (χ3v) is 6.77. The molecule has 0 radical (unpaired) electrons. The average Bonchev–Trinajstić information content (AvgIpc) is 2.91. The Morgan fingerprint density at radius 3 is 2.44 bits per heavy atom. The zero-order chi connectivity index (χ0) is 28.2. The van der Waals surface area contributed by atoms with Gasteiger partial charge in [-0.15, -0.1) is 0 Å². The number of fused-ring (bicyclic) bond motifs is 1. The summed E-state index contributed by atoms with van der Waals surface area (Å²) in [6.07, 6.45) is 0. The molecule has 8 nitrogen and oxygen atoms in total. The first-order valence-electron chi connectivity index (χ1n) is 12.2. The number of hydrogen-bond acceptors (Lipinski definition) is 6. The number of hydrogen-bond donors (Lipinski definition) is 3. The average molecular weight is 567 g/mol. The van der Waals surface area contributed by atoms with Crippen molar-refractivity contribution >= 4 is 57.7 Å². The summed E-state index contributed by atoms with van der Waals surface area (Å²) >= 11 is 13.4. The molecule has 1 aliphatic heterocycles. The Kier molecular flexibility index (Phi) is 8.60. The molecule has 3 aromatic rings. The number of ether oxygens (including phenoxy) is 1. The molecule has 10 heteroatoms. The predicted molar refractivity (Wildman–Crippen MR) is 154 cm³/mol. The van der Waals surface area contributed by atoms with Gasteiger partial charge in [0.1, 0.15) is 6.61 Å². The van der Waals surface area contributed by atoms with E-state index in [4.69, 9.17) is 27.9 Å². The summed E-state index contributed by atoms with van der Waals surface area (Å²) in [4.78, 5) is 36.7. The molecule has 2 amide bonds. The highest BCUT2D eigenvalue weighted by Crippen LogP contribution is 2.46. The molecule has 39 heavy (non-hydrogen) atoms. The number of hydrazine groups is 1. The van der Waals surface area contributed by atoms with Crippen molar-refractivity contribution in [1.29, 1.82) is 0 Å². The van der Waals surface area contributed by atoms with Crippen LogP contribution in [0.5, 0.6) is 0 Å². The molecular formula is C29H28Cl2N4O4. The van der Waals surface area contributed by atoms with Crippen molar-refractivity contribution in [2.24, 2.45) is 0 Å². The number of amides is 2. The first-order chi connectivity index (χ1) is 18.6. The molecule has 1 unspecified atom stereocenters. The number of carbonyl (C=O) groups excluding carboxylic acids is 3. The van der Waals surface area contributed by atoms with E-state index in [-0.39, 0.29) is 30.3 Å². The molecular weight excluding hydrogens is 539 g/mol. The number of Topliss-reactive ketones (excluding diaryl/α,β-unsaturated/α-hetero) is 2. The van der Waals surface area contributed by atoms with Crippen LogP contribution in [0.4, 0.5) is 16.2 Å². The SMILES string of the molecule is CNN1c2ccc(Cl)cc2C(C(=O)CNC(=O)Nc2cccc(C(C)=O)c2)=C(OCc2ccccc2)C1(C)Cl. The van der Waals surface area contributed by atoms with Gasteiger partial charge in [0.25, 0.3) is 0 Å². The minimum atomic E-state index is -1.29. The number of carbonyl (C=O) groups is 3. The van der Waals surface area contributed by atoms with E-state index in [9.17, 15) is 14.4 Å². The van der Waals surface area contributed by atoms with Gasteiger partial charge in [-0.2, -0.15) is 0 Å². The van der Waals surface area contributed by atoms with Crippen molar-refractivity contribution in [2.45, 2.75) is 25.5 Å². The van der Waals surface area contributed by atoms with Crippen LogP contribution >= 0.6 is 23.2 Å². The van der Waals surface area contributed by atoms with E-state index in [0.717, 1.165) is 5.56 Å². The lowest BCUT2D eigenvalue weighted by Crippen LogP contribution is -2.54. The fourth-order valence-electron chi connectivity index (χ4n) is 4.36.